The average Bonchev–Trinajstić information content (AvgIpc) is 3.02. The molecule has 1 amide bonds. The third kappa shape index (κ3) is 3.82. The number of carbonyl (C=O) groups is 1. The number of pyridine rings is 2. The lowest BCUT2D eigenvalue weighted by Gasteiger charge is -2.26. The van der Waals surface area contributed by atoms with Crippen molar-refractivity contribution in [2.75, 3.05) is 18.1 Å². The molecule has 6 nitrogen and oxygen atoms in total. The summed E-state index contributed by atoms with van der Waals surface area (Å²) in [5.74, 6) is 0.682. The van der Waals surface area contributed by atoms with Crippen LogP contribution in [0.3, 0.4) is 0 Å². The Labute approximate surface area is 151 Å². The van der Waals surface area contributed by atoms with E-state index in [0.717, 1.165) is 10.9 Å². The second-order valence-corrected chi connectivity index (χ2v) is 6.82. The molecular weight excluding hydrogens is 335 g/mol. The molecule has 0 N–H and O–H groups in total. The molecule has 136 valence electrons. The van der Waals surface area contributed by atoms with E-state index in [0.29, 0.717) is 11.5 Å². The lowest BCUT2D eigenvalue weighted by atomic mass is 10.2. The summed E-state index contributed by atoms with van der Waals surface area (Å²) in [4.78, 5) is 22.1. The van der Waals surface area contributed by atoms with Gasteiger partial charge in [0.2, 0.25) is 0 Å². The Bertz CT molecular complexity index is 900. The molecule has 7 heteroatoms. The molecule has 0 unspecified atom stereocenters. The molecule has 0 aliphatic carbocycles. The van der Waals surface area contributed by atoms with Crippen LogP contribution in [0.15, 0.2) is 49.1 Å². The van der Waals surface area contributed by atoms with Crippen LogP contribution in [0.25, 0.3) is 16.7 Å². The van der Waals surface area contributed by atoms with E-state index in [4.69, 9.17) is 4.74 Å². The largest absolute Gasteiger partial charge is 0.443 e. The summed E-state index contributed by atoms with van der Waals surface area (Å²) in [6, 6.07) is 7.40. The van der Waals surface area contributed by atoms with Crippen molar-refractivity contribution in [3.63, 3.8) is 0 Å². The van der Waals surface area contributed by atoms with Gasteiger partial charge in [-0.1, -0.05) is 0 Å². The Balaban J connectivity index is 1.88. The summed E-state index contributed by atoms with van der Waals surface area (Å²) < 4.78 is 20.2. The zero-order valence-corrected chi connectivity index (χ0v) is 15.0. The number of hydrogen-bond acceptors (Lipinski definition) is 4. The fraction of sp³-hybridized carbons (Fsp3) is 0.316. The highest BCUT2D eigenvalue weighted by atomic mass is 19.1. The summed E-state index contributed by atoms with van der Waals surface area (Å²) in [7, 11) is 0. The number of alkyl halides is 1. The van der Waals surface area contributed by atoms with Crippen molar-refractivity contribution in [2.24, 2.45) is 0 Å². The third-order valence-corrected chi connectivity index (χ3v) is 3.71. The zero-order chi connectivity index (χ0) is 18.7. The molecule has 0 saturated heterocycles. The Hall–Kier alpha value is -2.96. The molecule has 0 spiro atoms. The fourth-order valence-electron chi connectivity index (χ4n) is 2.58. The summed E-state index contributed by atoms with van der Waals surface area (Å²) in [6.45, 7) is 4.54. The Morgan fingerprint density at radius 3 is 2.69 bits per heavy atom. The highest BCUT2D eigenvalue weighted by molar-refractivity contribution is 5.87. The normalized spacial score (nSPS) is 11.5. The smallest absolute Gasteiger partial charge is 0.414 e. The van der Waals surface area contributed by atoms with Crippen molar-refractivity contribution in [1.29, 1.82) is 0 Å². The van der Waals surface area contributed by atoms with Gasteiger partial charge >= 0.3 is 6.09 Å². The van der Waals surface area contributed by atoms with Gasteiger partial charge in [-0.15, -0.1) is 0 Å². The lowest BCUT2D eigenvalue weighted by molar-refractivity contribution is 0.0578. The van der Waals surface area contributed by atoms with E-state index in [-0.39, 0.29) is 6.54 Å². The third-order valence-electron chi connectivity index (χ3n) is 3.71. The molecule has 0 radical (unpaired) electrons. The van der Waals surface area contributed by atoms with Crippen LogP contribution in [-0.4, -0.2) is 39.4 Å². The van der Waals surface area contributed by atoms with E-state index in [1.54, 1.807) is 45.3 Å². The summed E-state index contributed by atoms with van der Waals surface area (Å²) in [5.41, 5.74) is 0.756. The van der Waals surface area contributed by atoms with E-state index in [9.17, 15) is 9.18 Å². The van der Waals surface area contributed by atoms with E-state index < -0.39 is 18.4 Å². The van der Waals surface area contributed by atoms with Gasteiger partial charge in [0.25, 0.3) is 0 Å². The topological polar surface area (TPSA) is 60.2 Å². The summed E-state index contributed by atoms with van der Waals surface area (Å²) >= 11 is 0. The van der Waals surface area contributed by atoms with E-state index in [1.807, 2.05) is 22.9 Å². The molecule has 3 aromatic rings. The molecule has 0 aromatic carbocycles. The van der Waals surface area contributed by atoms with Crippen molar-refractivity contribution in [2.45, 2.75) is 26.4 Å². The molecular formula is C19H21FN4O2. The molecule has 0 saturated carbocycles. The number of ether oxygens (including phenoxy) is 1. The molecule has 3 aromatic heterocycles. The summed E-state index contributed by atoms with van der Waals surface area (Å²) in [6.07, 6.45) is 6.35. The molecule has 3 rings (SSSR count). The summed E-state index contributed by atoms with van der Waals surface area (Å²) in [5, 5.41) is 1.05. The first kappa shape index (κ1) is 17.8. The first-order valence-corrected chi connectivity index (χ1v) is 8.33. The first-order chi connectivity index (χ1) is 12.4. The van der Waals surface area contributed by atoms with Crippen LogP contribution in [0.4, 0.5) is 14.9 Å². The monoisotopic (exact) mass is 356 g/mol. The zero-order valence-electron chi connectivity index (χ0n) is 15.0. The van der Waals surface area contributed by atoms with Crippen LogP contribution < -0.4 is 4.90 Å². The minimum atomic E-state index is -0.672. The molecule has 0 atom stereocenters. The number of anilines is 1. The predicted molar refractivity (Wildman–Crippen MR) is 98.4 cm³/mol. The minimum Gasteiger partial charge on any atom is -0.443 e. The Kier molecular flexibility index (Phi) is 4.88. The highest BCUT2D eigenvalue weighted by Gasteiger charge is 2.23. The van der Waals surface area contributed by atoms with Crippen molar-refractivity contribution in [1.82, 2.24) is 14.5 Å². The second kappa shape index (κ2) is 7.11. The second-order valence-electron chi connectivity index (χ2n) is 6.82. The van der Waals surface area contributed by atoms with Gasteiger partial charge in [0.05, 0.1) is 30.1 Å². The van der Waals surface area contributed by atoms with Crippen LogP contribution in [0, 0.1) is 0 Å². The standard InChI is InChI=1S/C19H21FN4O2/c1-19(2,3)26-18(25)23(11-8-20)15-4-5-17(22-12-15)24-10-7-14-6-9-21-13-16(14)24/h4-7,9-10,12-13H,8,11H2,1-3H3. The van der Waals surface area contributed by atoms with Gasteiger partial charge in [-0.3, -0.25) is 14.5 Å². The lowest BCUT2D eigenvalue weighted by Crippen LogP contribution is -2.38. The molecule has 26 heavy (non-hydrogen) atoms. The number of nitrogens with zero attached hydrogens (tertiary/aromatic N) is 4. The maximum atomic E-state index is 12.9. The van der Waals surface area contributed by atoms with Crippen LogP contribution in [-0.2, 0) is 4.74 Å². The van der Waals surface area contributed by atoms with Gasteiger partial charge in [-0.2, -0.15) is 0 Å². The first-order valence-electron chi connectivity index (χ1n) is 8.33. The van der Waals surface area contributed by atoms with Crippen LogP contribution in [0.1, 0.15) is 20.8 Å². The van der Waals surface area contributed by atoms with Gasteiger partial charge in [-0.25, -0.2) is 14.2 Å². The van der Waals surface area contributed by atoms with Gasteiger partial charge in [-0.05, 0) is 45.0 Å². The fourth-order valence-corrected chi connectivity index (χ4v) is 2.58. The van der Waals surface area contributed by atoms with Crippen LogP contribution >= 0.6 is 0 Å². The quantitative estimate of drug-likeness (QED) is 0.705. The van der Waals surface area contributed by atoms with Crippen molar-refractivity contribution in [3.05, 3.63) is 49.1 Å². The van der Waals surface area contributed by atoms with Gasteiger partial charge in [0.15, 0.2) is 0 Å². The number of carbonyl (C=O) groups excluding carboxylic acids is 1. The van der Waals surface area contributed by atoms with Crippen molar-refractivity contribution >= 4 is 22.7 Å². The maximum Gasteiger partial charge on any atom is 0.414 e. The van der Waals surface area contributed by atoms with Gasteiger partial charge in [0, 0.05) is 17.8 Å². The number of halogens is 1. The Morgan fingerprint density at radius 2 is 2.04 bits per heavy atom. The van der Waals surface area contributed by atoms with E-state index in [1.165, 1.54) is 11.1 Å². The van der Waals surface area contributed by atoms with Crippen molar-refractivity contribution < 1.29 is 13.9 Å². The Morgan fingerprint density at radius 1 is 1.23 bits per heavy atom. The van der Waals surface area contributed by atoms with E-state index in [2.05, 4.69) is 9.97 Å². The number of hydrogen-bond donors (Lipinski definition) is 0. The number of rotatable bonds is 4. The number of fused-ring (bicyclic) bond motifs is 1. The molecule has 0 fully saturated rings. The minimum absolute atomic E-state index is 0.0910. The molecule has 3 heterocycles. The average molecular weight is 356 g/mol. The highest BCUT2D eigenvalue weighted by Crippen LogP contribution is 2.21. The van der Waals surface area contributed by atoms with Crippen molar-refractivity contribution in [3.8, 4) is 5.82 Å². The van der Waals surface area contributed by atoms with E-state index >= 15 is 0 Å². The predicted octanol–water partition coefficient (Wildman–Crippen LogP) is 4.13. The molecule has 0 bridgehead atoms. The maximum absolute atomic E-state index is 12.9. The van der Waals surface area contributed by atoms with Crippen LogP contribution in [0.2, 0.25) is 0 Å². The van der Waals surface area contributed by atoms with Gasteiger partial charge in [0.1, 0.15) is 18.1 Å². The number of amides is 1. The van der Waals surface area contributed by atoms with Gasteiger partial charge < -0.3 is 4.74 Å². The molecule has 0 aliphatic rings. The number of aromatic nitrogens is 3. The van der Waals surface area contributed by atoms with Crippen LogP contribution in [0.5, 0.6) is 0 Å². The molecule has 0 aliphatic heterocycles. The SMILES string of the molecule is CC(C)(C)OC(=O)N(CCF)c1ccc(-n2ccc3ccncc32)nc1.